The molecular weight excluding hydrogens is 245 g/mol. The molecule has 16 heavy (non-hydrogen) atoms. The second-order valence-corrected chi connectivity index (χ2v) is 3.13. The van der Waals surface area contributed by atoms with Gasteiger partial charge in [0.1, 0.15) is 5.75 Å². The number of carbonyl (C=O) groups excluding carboxylic acids is 1. The first-order valence-electron chi connectivity index (χ1n) is 4.10. The topological polar surface area (TPSA) is 26.3 Å². The van der Waals surface area contributed by atoms with E-state index in [1.807, 2.05) is 0 Å². The molecule has 0 aliphatic heterocycles. The summed E-state index contributed by atoms with van der Waals surface area (Å²) in [5.74, 6) is -0.318. The van der Waals surface area contributed by atoms with Crippen molar-refractivity contribution in [1.29, 1.82) is 0 Å². The molecule has 6 heteroatoms. The second-order valence-electron chi connectivity index (χ2n) is 2.75. The molecule has 0 saturated heterocycles. The minimum absolute atomic E-state index is 0.318. The van der Waals surface area contributed by atoms with E-state index in [1.165, 1.54) is 18.2 Å². The fraction of sp³-hybridized carbons (Fsp3) is 0.100. The molecule has 0 N–H and O–H groups in total. The van der Waals surface area contributed by atoms with Crippen LogP contribution in [0.1, 0.15) is 5.56 Å². The molecule has 0 spiro atoms. The first-order chi connectivity index (χ1) is 7.37. The highest BCUT2D eigenvalue weighted by atomic mass is 35.5. The van der Waals surface area contributed by atoms with E-state index in [1.54, 1.807) is 0 Å². The summed E-state index contributed by atoms with van der Waals surface area (Å²) < 4.78 is 39.1. The van der Waals surface area contributed by atoms with Crippen molar-refractivity contribution >= 4 is 22.9 Å². The van der Waals surface area contributed by atoms with Crippen molar-refractivity contribution in [2.45, 2.75) is 6.36 Å². The minimum atomic E-state index is -4.70. The van der Waals surface area contributed by atoms with Crippen molar-refractivity contribution in [2.24, 2.45) is 0 Å². The molecule has 0 aliphatic carbocycles. The van der Waals surface area contributed by atoms with E-state index in [9.17, 15) is 18.0 Å². The molecule has 2 nitrogen and oxygen atoms in total. The first kappa shape index (κ1) is 12.6. The van der Waals surface area contributed by atoms with Gasteiger partial charge < -0.3 is 4.74 Å². The average Bonchev–Trinajstić information content (AvgIpc) is 2.14. The van der Waals surface area contributed by atoms with E-state index < -0.39 is 11.6 Å². The maximum atomic E-state index is 11.8. The standard InChI is InChI=1S/C10H6ClF3O2/c11-9(15)6-3-7-1-4-8(5-2-7)16-10(12,13)14/h1-6H/b6-3-. The zero-order chi connectivity index (χ0) is 12.2. The Morgan fingerprint density at radius 1 is 1.25 bits per heavy atom. The van der Waals surface area contributed by atoms with Crippen LogP contribution in [0.3, 0.4) is 0 Å². The lowest BCUT2D eigenvalue weighted by molar-refractivity contribution is -0.274. The van der Waals surface area contributed by atoms with Gasteiger partial charge in [-0.15, -0.1) is 13.2 Å². The fourth-order valence-electron chi connectivity index (χ4n) is 0.942. The summed E-state index contributed by atoms with van der Waals surface area (Å²) in [5, 5.41) is -0.657. The molecular formula is C10H6ClF3O2. The van der Waals surface area contributed by atoms with Crippen LogP contribution >= 0.6 is 11.6 Å². The van der Waals surface area contributed by atoms with Crippen LogP contribution in [0.4, 0.5) is 13.2 Å². The molecule has 0 amide bonds. The van der Waals surface area contributed by atoms with Crippen LogP contribution in [0.25, 0.3) is 6.08 Å². The van der Waals surface area contributed by atoms with Gasteiger partial charge in [0.2, 0.25) is 5.24 Å². The Balaban J connectivity index is 2.72. The van der Waals surface area contributed by atoms with E-state index in [0.29, 0.717) is 5.56 Å². The van der Waals surface area contributed by atoms with Gasteiger partial charge in [-0.05, 0) is 35.4 Å². The monoisotopic (exact) mass is 250 g/mol. The number of alkyl halides is 3. The number of halogens is 4. The van der Waals surface area contributed by atoms with Gasteiger partial charge in [-0.2, -0.15) is 0 Å². The summed E-state index contributed by atoms with van der Waals surface area (Å²) in [6, 6.07) is 5.03. The van der Waals surface area contributed by atoms with E-state index in [4.69, 9.17) is 11.6 Å². The highest BCUT2D eigenvalue weighted by Gasteiger charge is 2.30. The summed E-state index contributed by atoms with van der Waals surface area (Å²) in [4.78, 5) is 10.4. The lowest BCUT2D eigenvalue weighted by Gasteiger charge is -2.08. The number of hydrogen-bond acceptors (Lipinski definition) is 2. The van der Waals surface area contributed by atoms with Crippen LogP contribution < -0.4 is 4.74 Å². The number of hydrogen-bond donors (Lipinski definition) is 0. The molecule has 0 aromatic heterocycles. The van der Waals surface area contributed by atoms with Crippen molar-refractivity contribution in [3.8, 4) is 5.75 Å². The fourth-order valence-corrected chi connectivity index (χ4v) is 1.01. The van der Waals surface area contributed by atoms with Crippen LogP contribution in [0.2, 0.25) is 0 Å². The zero-order valence-corrected chi connectivity index (χ0v) is 8.55. The number of rotatable bonds is 3. The van der Waals surface area contributed by atoms with E-state index in [-0.39, 0.29) is 5.75 Å². The van der Waals surface area contributed by atoms with Gasteiger partial charge in [0.05, 0.1) is 0 Å². The van der Waals surface area contributed by atoms with Crippen molar-refractivity contribution in [1.82, 2.24) is 0 Å². The van der Waals surface area contributed by atoms with Crippen molar-refractivity contribution in [3.63, 3.8) is 0 Å². The first-order valence-corrected chi connectivity index (χ1v) is 4.48. The molecule has 1 aromatic carbocycles. The molecule has 0 fully saturated rings. The third kappa shape index (κ3) is 4.84. The van der Waals surface area contributed by atoms with Gasteiger partial charge in [0.15, 0.2) is 0 Å². The Bertz CT molecular complexity index is 396. The van der Waals surface area contributed by atoms with Crippen LogP contribution in [-0.4, -0.2) is 11.6 Å². The summed E-state index contributed by atoms with van der Waals surface area (Å²) in [6.07, 6.45) is -2.22. The Kier molecular flexibility index (Phi) is 3.95. The molecule has 1 aromatic rings. The smallest absolute Gasteiger partial charge is 0.406 e. The number of benzene rings is 1. The minimum Gasteiger partial charge on any atom is -0.406 e. The molecule has 0 heterocycles. The SMILES string of the molecule is O=C(Cl)/C=C\c1ccc(OC(F)(F)F)cc1. The van der Waals surface area contributed by atoms with Crippen LogP contribution in [0, 0.1) is 0 Å². The molecule has 86 valence electrons. The van der Waals surface area contributed by atoms with E-state index in [0.717, 1.165) is 18.2 Å². The van der Waals surface area contributed by atoms with Gasteiger partial charge in [-0.3, -0.25) is 4.79 Å². The third-order valence-corrected chi connectivity index (χ3v) is 1.65. The largest absolute Gasteiger partial charge is 0.573 e. The normalized spacial score (nSPS) is 11.8. The highest BCUT2D eigenvalue weighted by molar-refractivity contribution is 6.66. The van der Waals surface area contributed by atoms with Crippen LogP contribution in [-0.2, 0) is 4.79 Å². The molecule has 0 radical (unpaired) electrons. The Morgan fingerprint density at radius 2 is 1.81 bits per heavy atom. The molecule has 0 aliphatic rings. The second kappa shape index (κ2) is 5.03. The predicted octanol–water partition coefficient (Wildman–Crippen LogP) is 3.36. The summed E-state index contributed by atoms with van der Waals surface area (Å²) >= 11 is 5.05. The molecule has 0 bridgehead atoms. The van der Waals surface area contributed by atoms with Gasteiger partial charge in [0, 0.05) is 0 Å². The quantitative estimate of drug-likeness (QED) is 0.607. The maximum absolute atomic E-state index is 11.8. The Morgan fingerprint density at radius 3 is 2.25 bits per heavy atom. The predicted molar refractivity (Wildman–Crippen MR) is 53.0 cm³/mol. The Hall–Kier alpha value is -1.49. The van der Waals surface area contributed by atoms with Crippen LogP contribution in [0.5, 0.6) is 5.75 Å². The number of allylic oxidation sites excluding steroid dienone is 1. The van der Waals surface area contributed by atoms with Gasteiger partial charge >= 0.3 is 6.36 Å². The molecule has 1 rings (SSSR count). The van der Waals surface area contributed by atoms with Crippen molar-refractivity contribution < 1.29 is 22.7 Å². The Labute approximate surface area is 94.3 Å². The summed E-state index contributed by atoms with van der Waals surface area (Å²) in [7, 11) is 0. The van der Waals surface area contributed by atoms with E-state index >= 15 is 0 Å². The van der Waals surface area contributed by atoms with E-state index in [2.05, 4.69) is 4.74 Å². The van der Waals surface area contributed by atoms with Crippen molar-refractivity contribution in [2.75, 3.05) is 0 Å². The van der Waals surface area contributed by atoms with Gasteiger partial charge in [-0.25, -0.2) is 0 Å². The number of carbonyl (C=O) groups is 1. The lowest BCUT2D eigenvalue weighted by Crippen LogP contribution is -2.16. The highest BCUT2D eigenvalue weighted by Crippen LogP contribution is 2.22. The third-order valence-electron chi connectivity index (χ3n) is 1.52. The van der Waals surface area contributed by atoms with Crippen molar-refractivity contribution in [3.05, 3.63) is 35.9 Å². The summed E-state index contributed by atoms with van der Waals surface area (Å²) in [5.41, 5.74) is 0.545. The summed E-state index contributed by atoms with van der Waals surface area (Å²) in [6.45, 7) is 0. The average molecular weight is 251 g/mol. The lowest BCUT2D eigenvalue weighted by atomic mass is 10.2. The van der Waals surface area contributed by atoms with Gasteiger partial charge in [0.25, 0.3) is 0 Å². The molecule has 0 saturated carbocycles. The zero-order valence-electron chi connectivity index (χ0n) is 7.79. The van der Waals surface area contributed by atoms with Crippen LogP contribution in [0.15, 0.2) is 30.3 Å². The maximum Gasteiger partial charge on any atom is 0.573 e. The molecule has 0 atom stereocenters. The van der Waals surface area contributed by atoms with Gasteiger partial charge in [-0.1, -0.05) is 18.2 Å². The molecule has 0 unspecified atom stereocenters. The number of ether oxygens (including phenoxy) is 1.